The molecule has 3 heteroatoms. The van der Waals surface area contributed by atoms with E-state index in [2.05, 4.69) is 17.1 Å². The SMILES string of the molecule is COc1cc(N)c2nc(/C=C/c3ccccc3)ccc2c1. The van der Waals surface area contributed by atoms with Crippen LogP contribution in [0.1, 0.15) is 11.3 Å². The van der Waals surface area contributed by atoms with Crippen LogP contribution >= 0.6 is 0 Å². The molecule has 0 aliphatic carbocycles. The average Bonchev–Trinajstić information content (AvgIpc) is 2.54. The van der Waals surface area contributed by atoms with Crippen molar-refractivity contribution in [1.29, 1.82) is 0 Å². The van der Waals surface area contributed by atoms with Crippen LogP contribution in [0, 0.1) is 0 Å². The molecule has 3 rings (SSSR count). The van der Waals surface area contributed by atoms with Crippen LogP contribution in [0.5, 0.6) is 5.75 Å². The van der Waals surface area contributed by atoms with Gasteiger partial charge in [0.2, 0.25) is 0 Å². The summed E-state index contributed by atoms with van der Waals surface area (Å²) >= 11 is 0. The van der Waals surface area contributed by atoms with Gasteiger partial charge in [-0.25, -0.2) is 4.98 Å². The van der Waals surface area contributed by atoms with Gasteiger partial charge in [-0.2, -0.15) is 0 Å². The molecule has 0 saturated carbocycles. The lowest BCUT2D eigenvalue weighted by Crippen LogP contribution is -1.93. The molecule has 2 N–H and O–H groups in total. The highest BCUT2D eigenvalue weighted by Crippen LogP contribution is 2.26. The standard InChI is InChI=1S/C18H16N2O/c1-21-16-11-14-8-10-15(20-18(14)17(19)12-16)9-7-13-5-3-2-4-6-13/h2-12H,19H2,1H3/b9-7+. The summed E-state index contributed by atoms with van der Waals surface area (Å²) in [6, 6.07) is 17.8. The Morgan fingerprint density at radius 2 is 1.81 bits per heavy atom. The predicted octanol–water partition coefficient (Wildman–Crippen LogP) is 4.00. The van der Waals surface area contributed by atoms with Gasteiger partial charge in [-0.1, -0.05) is 42.5 Å². The Hall–Kier alpha value is -2.81. The van der Waals surface area contributed by atoms with E-state index in [0.29, 0.717) is 5.69 Å². The fourth-order valence-corrected chi connectivity index (χ4v) is 2.21. The zero-order chi connectivity index (χ0) is 14.7. The van der Waals surface area contributed by atoms with Crippen molar-refractivity contribution in [1.82, 2.24) is 4.98 Å². The first kappa shape index (κ1) is 13.2. The van der Waals surface area contributed by atoms with Crippen LogP contribution in [-0.2, 0) is 0 Å². The van der Waals surface area contributed by atoms with Crippen LogP contribution in [0.3, 0.4) is 0 Å². The number of ether oxygens (including phenoxy) is 1. The first-order valence-corrected chi connectivity index (χ1v) is 6.74. The number of fused-ring (bicyclic) bond motifs is 1. The Bertz CT molecular complexity index is 795. The number of methoxy groups -OCH3 is 1. The molecule has 0 radical (unpaired) electrons. The summed E-state index contributed by atoms with van der Waals surface area (Å²) in [4.78, 5) is 4.60. The third-order valence-electron chi connectivity index (χ3n) is 3.30. The van der Waals surface area contributed by atoms with Crippen molar-refractivity contribution in [2.45, 2.75) is 0 Å². The molecule has 0 bridgehead atoms. The lowest BCUT2D eigenvalue weighted by atomic mass is 10.1. The second-order valence-corrected chi connectivity index (χ2v) is 4.77. The molecule has 1 aromatic heterocycles. The Balaban J connectivity index is 1.98. The molecule has 0 saturated heterocycles. The monoisotopic (exact) mass is 276 g/mol. The zero-order valence-electron chi connectivity index (χ0n) is 11.8. The number of nitrogen functional groups attached to an aromatic ring is 1. The molecule has 0 unspecified atom stereocenters. The summed E-state index contributed by atoms with van der Waals surface area (Å²) in [7, 11) is 1.63. The van der Waals surface area contributed by atoms with Crippen LogP contribution in [0.25, 0.3) is 23.1 Å². The molecule has 0 atom stereocenters. The second kappa shape index (κ2) is 5.67. The number of nitrogens with zero attached hydrogens (tertiary/aromatic N) is 1. The van der Waals surface area contributed by atoms with Crippen molar-refractivity contribution >= 4 is 28.7 Å². The average molecular weight is 276 g/mol. The molecule has 2 aromatic carbocycles. The van der Waals surface area contributed by atoms with Crippen molar-refractivity contribution in [3.63, 3.8) is 0 Å². The fourth-order valence-electron chi connectivity index (χ4n) is 2.21. The number of hydrogen-bond acceptors (Lipinski definition) is 3. The van der Waals surface area contributed by atoms with E-state index >= 15 is 0 Å². The number of benzene rings is 2. The lowest BCUT2D eigenvalue weighted by molar-refractivity contribution is 0.415. The minimum Gasteiger partial charge on any atom is -0.497 e. The molecule has 0 amide bonds. The number of aromatic nitrogens is 1. The van der Waals surface area contributed by atoms with E-state index in [1.165, 1.54) is 0 Å². The van der Waals surface area contributed by atoms with Crippen LogP contribution in [-0.4, -0.2) is 12.1 Å². The minimum absolute atomic E-state index is 0.624. The Morgan fingerprint density at radius 3 is 2.57 bits per heavy atom. The quantitative estimate of drug-likeness (QED) is 0.736. The van der Waals surface area contributed by atoms with E-state index in [1.807, 2.05) is 48.6 Å². The van der Waals surface area contributed by atoms with Crippen molar-refractivity contribution in [2.24, 2.45) is 0 Å². The normalized spacial score (nSPS) is 11.1. The molecule has 3 nitrogen and oxygen atoms in total. The highest BCUT2D eigenvalue weighted by molar-refractivity contribution is 5.91. The molecule has 21 heavy (non-hydrogen) atoms. The van der Waals surface area contributed by atoms with Gasteiger partial charge in [0, 0.05) is 11.5 Å². The summed E-state index contributed by atoms with van der Waals surface area (Å²) in [5.74, 6) is 0.745. The maximum Gasteiger partial charge on any atom is 0.121 e. The van der Waals surface area contributed by atoms with Gasteiger partial charge in [-0.3, -0.25) is 0 Å². The topological polar surface area (TPSA) is 48.1 Å². The molecular weight excluding hydrogens is 260 g/mol. The molecule has 1 heterocycles. The van der Waals surface area contributed by atoms with Gasteiger partial charge in [0.1, 0.15) is 5.75 Å². The first-order chi connectivity index (χ1) is 10.3. The summed E-state index contributed by atoms with van der Waals surface area (Å²) in [5, 5.41) is 0.976. The summed E-state index contributed by atoms with van der Waals surface area (Å²) in [6.45, 7) is 0. The second-order valence-electron chi connectivity index (χ2n) is 4.77. The van der Waals surface area contributed by atoms with Crippen LogP contribution in [0.15, 0.2) is 54.6 Å². The highest BCUT2D eigenvalue weighted by atomic mass is 16.5. The van der Waals surface area contributed by atoms with Crippen LogP contribution in [0.4, 0.5) is 5.69 Å². The summed E-state index contributed by atoms with van der Waals surface area (Å²) < 4.78 is 5.22. The summed E-state index contributed by atoms with van der Waals surface area (Å²) in [6.07, 6.45) is 4.02. The van der Waals surface area contributed by atoms with E-state index in [0.717, 1.165) is 27.9 Å². The number of anilines is 1. The van der Waals surface area contributed by atoms with E-state index in [9.17, 15) is 0 Å². The molecule has 3 aromatic rings. The van der Waals surface area contributed by atoms with Crippen molar-refractivity contribution < 1.29 is 4.74 Å². The highest BCUT2D eigenvalue weighted by Gasteiger charge is 2.03. The Morgan fingerprint density at radius 1 is 1.00 bits per heavy atom. The first-order valence-electron chi connectivity index (χ1n) is 6.74. The zero-order valence-corrected chi connectivity index (χ0v) is 11.8. The van der Waals surface area contributed by atoms with Gasteiger partial charge in [0.05, 0.1) is 24.0 Å². The Kier molecular flexibility index (Phi) is 3.56. The van der Waals surface area contributed by atoms with Crippen molar-refractivity contribution in [2.75, 3.05) is 12.8 Å². The van der Waals surface area contributed by atoms with E-state index in [-0.39, 0.29) is 0 Å². The third-order valence-corrected chi connectivity index (χ3v) is 3.30. The third kappa shape index (κ3) is 2.87. The van der Waals surface area contributed by atoms with Crippen molar-refractivity contribution in [3.05, 3.63) is 65.9 Å². The molecule has 0 fully saturated rings. The van der Waals surface area contributed by atoms with Crippen molar-refractivity contribution in [3.8, 4) is 5.75 Å². The molecule has 0 aliphatic rings. The number of rotatable bonds is 3. The van der Waals surface area contributed by atoms with Gasteiger partial charge in [-0.05, 0) is 23.8 Å². The molecule has 0 aliphatic heterocycles. The van der Waals surface area contributed by atoms with E-state index in [4.69, 9.17) is 10.5 Å². The van der Waals surface area contributed by atoms with E-state index < -0.39 is 0 Å². The number of pyridine rings is 1. The largest absolute Gasteiger partial charge is 0.497 e. The van der Waals surface area contributed by atoms with Gasteiger partial charge >= 0.3 is 0 Å². The molecule has 104 valence electrons. The van der Waals surface area contributed by atoms with Gasteiger partial charge in [0.25, 0.3) is 0 Å². The van der Waals surface area contributed by atoms with Gasteiger partial charge < -0.3 is 10.5 Å². The number of nitrogens with two attached hydrogens (primary N) is 1. The van der Waals surface area contributed by atoms with E-state index in [1.54, 1.807) is 13.2 Å². The van der Waals surface area contributed by atoms with Gasteiger partial charge in [0.15, 0.2) is 0 Å². The summed E-state index contributed by atoms with van der Waals surface area (Å²) in [5.41, 5.74) is 9.48. The molecular formula is C18H16N2O. The number of hydrogen-bond donors (Lipinski definition) is 1. The maximum atomic E-state index is 6.04. The maximum absolute atomic E-state index is 6.04. The Labute approximate surface area is 123 Å². The van der Waals surface area contributed by atoms with Crippen LogP contribution < -0.4 is 10.5 Å². The smallest absolute Gasteiger partial charge is 0.121 e. The van der Waals surface area contributed by atoms with Gasteiger partial charge in [-0.15, -0.1) is 0 Å². The van der Waals surface area contributed by atoms with Crippen LogP contribution in [0.2, 0.25) is 0 Å². The predicted molar refractivity (Wildman–Crippen MR) is 88.1 cm³/mol. The fraction of sp³-hybridized carbons (Fsp3) is 0.0556. The lowest BCUT2D eigenvalue weighted by Gasteiger charge is -2.06. The minimum atomic E-state index is 0.624. The molecule has 0 spiro atoms.